The smallest absolute Gasteiger partial charge is 0.0184 e. The van der Waals surface area contributed by atoms with E-state index < -0.39 is 0 Å². The van der Waals surface area contributed by atoms with Crippen molar-refractivity contribution in [3.05, 3.63) is 48.5 Å². The molecule has 2 aromatic rings. The van der Waals surface area contributed by atoms with E-state index in [4.69, 9.17) is 0 Å². The summed E-state index contributed by atoms with van der Waals surface area (Å²) in [6, 6.07) is 16.7. The Balaban J connectivity index is 0.000000336. The fraction of sp³-hybridized carbons (Fsp3) is 0.0909. The molecule has 0 N–H and O–H groups in total. The van der Waals surface area contributed by atoms with Gasteiger partial charge >= 0.3 is 32.1 Å². The molecule has 0 nitrogen and oxygen atoms in total. The molecule has 0 spiro atoms. The average molecular weight is 166 g/mol. The molecule has 0 atom stereocenters. The van der Waals surface area contributed by atoms with Crippen LogP contribution in [0.5, 0.6) is 0 Å². The summed E-state index contributed by atoms with van der Waals surface area (Å²) in [6.07, 6.45) is 0. The third-order valence-corrected chi connectivity index (χ3v) is 1.66. The summed E-state index contributed by atoms with van der Waals surface area (Å²) >= 11 is 1.31. The molecular formula is C11H11Na. The van der Waals surface area contributed by atoms with Crippen LogP contribution >= 0.6 is 0 Å². The minimum absolute atomic E-state index is 1.31. The largest absolute Gasteiger partial charge is 0.0616 e. The van der Waals surface area contributed by atoms with Crippen LogP contribution in [-0.4, -0.2) is 27.9 Å². The predicted molar refractivity (Wildman–Crippen MR) is 55.6 cm³/mol. The van der Waals surface area contributed by atoms with Crippen molar-refractivity contribution in [3.63, 3.8) is 0 Å². The maximum Gasteiger partial charge on any atom is -0.0184 e. The predicted octanol–water partition coefficient (Wildman–Crippen LogP) is 3.04. The molecule has 12 heavy (non-hydrogen) atoms. The Morgan fingerprint density at radius 1 is 0.667 bits per heavy atom. The van der Waals surface area contributed by atoms with E-state index in [1.165, 1.54) is 38.7 Å². The fourth-order valence-electron chi connectivity index (χ4n) is 1.13. The van der Waals surface area contributed by atoms with Gasteiger partial charge in [0.15, 0.2) is 0 Å². The van der Waals surface area contributed by atoms with Gasteiger partial charge in [-0.2, -0.15) is 0 Å². The molecule has 2 aromatic carbocycles. The van der Waals surface area contributed by atoms with Crippen molar-refractivity contribution >= 4 is 38.7 Å². The zero-order valence-electron chi connectivity index (χ0n) is 7.62. The fourth-order valence-corrected chi connectivity index (χ4v) is 1.13. The molecule has 0 saturated carbocycles. The minimum Gasteiger partial charge on any atom is -0.0616 e. The van der Waals surface area contributed by atoms with Gasteiger partial charge in [-0.25, -0.2) is 0 Å². The summed E-state index contributed by atoms with van der Waals surface area (Å²) < 4.78 is 2.14. The molecule has 0 amide bonds. The number of hydrogen-bond acceptors (Lipinski definition) is 0. The summed E-state index contributed by atoms with van der Waals surface area (Å²) in [5, 5.41) is 2.62. The van der Waals surface area contributed by atoms with E-state index in [0.29, 0.717) is 0 Å². The third-order valence-electron chi connectivity index (χ3n) is 1.66. The standard InChI is InChI=1S/C10H8.CH3.Na/c1-2-6-10-8-4-3-7-9(10)5-1;;/h1-8H;1H3;. The van der Waals surface area contributed by atoms with Crippen LogP contribution in [0.15, 0.2) is 48.5 Å². The second-order valence-electron chi connectivity index (χ2n) is 2.35. The van der Waals surface area contributed by atoms with Crippen molar-refractivity contribution in [2.45, 2.75) is 4.17 Å². The van der Waals surface area contributed by atoms with Gasteiger partial charge < -0.3 is 0 Å². The summed E-state index contributed by atoms with van der Waals surface area (Å²) in [7, 11) is 0. The summed E-state index contributed by atoms with van der Waals surface area (Å²) in [6.45, 7) is 0. The van der Waals surface area contributed by atoms with Crippen molar-refractivity contribution in [3.8, 4) is 0 Å². The third kappa shape index (κ3) is 2.34. The quantitative estimate of drug-likeness (QED) is 0.528. The normalized spacial score (nSPS) is 8.92. The molecule has 0 heterocycles. The molecule has 0 aliphatic rings. The van der Waals surface area contributed by atoms with E-state index in [9.17, 15) is 0 Å². The first-order valence-corrected chi connectivity index (χ1v) is 6.40. The first-order chi connectivity index (χ1) is 5.97. The molecular weight excluding hydrogens is 155 g/mol. The van der Waals surface area contributed by atoms with Gasteiger partial charge in [-0.1, -0.05) is 48.5 Å². The van der Waals surface area contributed by atoms with Crippen LogP contribution in [0, 0.1) is 0 Å². The van der Waals surface area contributed by atoms with Gasteiger partial charge in [-0.3, -0.25) is 0 Å². The van der Waals surface area contributed by atoms with Crippen LogP contribution in [0.25, 0.3) is 10.8 Å². The Bertz CT molecular complexity index is 276. The number of rotatable bonds is 0. The van der Waals surface area contributed by atoms with Crippen molar-refractivity contribution in [2.75, 3.05) is 0 Å². The number of benzene rings is 2. The zero-order chi connectivity index (χ0) is 8.81. The Morgan fingerprint density at radius 2 is 0.917 bits per heavy atom. The second kappa shape index (κ2) is 5.36. The van der Waals surface area contributed by atoms with E-state index >= 15 is 0 Å². The van der Waals surface area contributed by atoms with E-state index in [1.54, 1.807) is 0 Å². The van der Waals surface area contributed by atoms with Gasteiger partial charge in [-0.15, -0.1) is 0 Å². The van der Waals surface area contributed by atoms with Gasteiger partial charge in [-0.05, 0) is 10.8 Å². The summed E-state index contributed by atoms with van der Waals surface area (Å²) in [5.74, 6) is 0. The van der Waals surface area contributed by atoms with E-state index in [2.05, 4.69) is 52.7 Å². The van der Waals surface area contributed by atoms with Crippen molar-refractivity contribution in [1.29, 1.82) is 0 Å². The van der Waals surface area contributed by atoms with E-state index in [0.717, 1.165) is 0 Å². The van der Waals surface area contributed by atoms with Crippen LogP contribution in [-0.2, 0) is 0 Å². The molecule has 0 bridgehead atoms. The van der Waals surface area contributed by atoms with Crippen LogP contribution in [0.3, 0.4) is 0 Å². The average Bonchev–Trinajstić information content (AvgIpc) is 2.21. The summed E-state index contributed by atoms with van der Waals surface area (Å²) in [5.41, 5.74) is 0. The van der Waals surface area contributed by atoms with E-state index in [-0.39, 0.29) is 0 Å². The molecule has 0 radical (unpaired) electrons. The topological polar surface area (TPSA) is 0 Å². The molecule has 0 aliphatic carbocycles. The van der Waals surface area contributed by atoms with Gasteiger partial charge in [0.25, 0.3) is 0 Å². The zero-order valence-corrected chi connectivity index (χ0v) is 9.62. The summed E-state index contributed by atoms with van der Waals surface area (Å²) in [4.78, 5) is 0. The van der Waals surface area contributed by atoms with Crippen molar-refractivity contribution < 1.29 is 0 Å². The Labute approximate surface area is 91.0 Å². The molecule has 0 aliphatic heterocycles. The molecule has 0 unspecified atom stereocenters. The first kappa shape index (κ1) is 9.79. The van der Waals surface area contributed by atoms with Crippen LogP contribution < -0.4 is 0 Å². The number of fused-ring (bicyclic) bond motifs is 1. The van der Waals surface area contributed by atoms with Crippen LogP contribution in [0.4, 0.5) is 0 Å². The first-order valence-electron chi connectivity index (χ1n) is 4.40. The Kier molecular flexibility index (Phi) is 4.37. The maximum absolute atomic E-state index is 2.14. The maximum atomic E-state index is 2.14. The van der Waals surface area contributed by atoms with Gasteiger partial charge in [0.1, 0.15) is 0 Å². The van der Waals surface area contributed by atoms with Crippen LogP contribution in [0.2, 0.25) is 4.17 Å². The molecule has 56 valence electrons. The van der Waals surface area contributed by atoms with Gasteiger partial charge in [0.05, 0.1) is 0 Å². The Hall–Kier alpha value is -0.300. The van der Waals surface area contributed by atoms with E-state index in [1.807, 2.05) is 0 Å². The monoisotopic (exact) mass is 166 g/mol. The molecule has 1 heteroatoms. The van der Waals surface area contributed by atoms with Crippen molar-refractivity contribution in [2.24, 2.45) is 0 Å². The minimum atomic E-state index is 1.31. The van der Waals surface area contributed by atoms with Crippen LogP contribution in [0.1, 0.15) is 0 Å². The van der Waals surface area contributed by atoms with Crippen molar-refractivity contribution in [1.82, 2.24) is 0 Å². The Morgan fingerprint density at radius 3 is 1.17 bits per heavy atom. The molecule has 0 aromatic heterocycles. The molecule has 0 saturated heterocycles. The molecule has 0 fully saturated rings. The SMILES string of the molecule is [CH3][Na].c1ccc2ccccc2c1. The van der Waals surface area contributed by atoms with Gasteiger partial charge in [0.2, 0.25) is 0 Å². The van der Waals surface area contributed by atoms with Gasteiger partial charge in [0, 0.05) is 0 Å². The second-order valence-corrected chi connectivity index (χ2v) is 2.35. The number of hydrogen-bond donors (Lipinski definition) is 0. The molecule has 2 rings (SSSR count).